The molecule has 0 spiro atoms. The lowest BCUT2D eigenvalue weighted by atomic mass is 10.1. The first-order valence-electron chi connectivity index (χ1n) is 5.00. The van der Waals surface area contributed by atoms with Crippen molar-refractivity contribution >= 4 is 17.7 Å². The predicted molar refractivity (Wildman–Crippen MR) is 69.7 cm³/mol. The monoisotopic (exact) mass is 233 g/mol. The lowest BCUT2D eigenvalue weighted by Gasteiger charge is -2.17. The van der Waals surface area contributed by atoms with Crippen LogP contribution >= 0.6 is 11.8 Å². The van der Waals surface area contributed by atoms with Crippen LogP contribution in [0.1, 0.15) is 15.9 Å². The third-order valence-electron chi connectivity index (χ3n) is 2.29. The summed E-state index contributed by atoms with van der Waals surface area (Å²) in [5.41, 5.74) is 1.26. The van der Waals surface area contributed by atoms with E-state index in [4.69, 9.17) is 6.42 Å². The number of rotatable bonds is 4. The highest BCUT2D eigenvalue weighted by atomic mass is 32.2. The van der Waals surface area contributed by atoms with Gasteiger partial charge in [-0.3, -0.25) is 4.79 Å². The third-order valence-corrected chi connectivity index (χ3v) is 2.88. The fourth-order valence-corrected chi connectivity index (χ4v) is 1.79. The molecule has 1 aromatic carbocycles. The Kier molecular flexibility index (Phi) is 4.94. The molecule has 0 aliphatic carbocycles. The second kappa shape index (κ2) is 6.24. The minimum absolute atomic E-state index is 0.0115. The summed E-state index contributed by atoms with van der Waals surface area (Å²) in [5, 5.41) is 0. The normalized spacial score (nSPS) is 9.56. The van der Waals surface area contributed by atoms with Crippen molar-refractivity contribution < 1.29 is 4.79 Å². The Balaban J connectivity index is 2.84. The number of carbonyl (C=O) groups is 1. The van der Waals surface area contributed by atoms with Crippen molar-refractivity contribution in [1.82, 2.24) is 4.90 Å². The van der Waals surface area contributed by atoms with E-state index in [0.29, 0.717) is 11.1 Å². The molecule has 0 N–H and O–H groups in total. The summed E-state index contributed by atoms with van der Waals surface area (Å²) in [6.45, 7) is 0.735. The number of hydrogen-bond donors (Lipinski definition) is 0. The van der Waals surface area contributed by atoms with Gasteiger partial charge in [0.1, 0.15) is 0 Å². The Labute approximate surface area is 101 Å². The molecule has 0 atom stereocenters. The molecule has 0 unspecified atom stereocenters. The SMILES string of the molecule is C#Cc1ccccc1C(=O)N(C)CCSC. The van der Waals surface area contributed by atoms with E-state index < -0.39 is 0 Å². The Hall–Kier alpha value is -1.40. The maximum atomic E-state index is 12.1. The van der Waals surface area contributed by atoms with Crippen LogP contribution in [0.2, 0.25) is 0 Å². The molecule has 0 aliphatic rings. The van der Waals surface area contributed by atoms with E-state index in [1.807, 2.05) is 18.4 Å². The second-order valence-corrected chi connectivity index (χ2v) is 4.40. The molecule has 84 valence electrons. The van der Waals surface area contributed by atoms with Gasteiger partial charge in [-0.05, 0) is 18.4 Å². The molecule has 0 heterocycles. The molecule has 0 radical (unpaired) electrons. The van der Waals surface area contributed by atoms with Crippen molar-refractivity contribution in [2.45, 2.75) is 0 Å². The molecular weight excluding hydrogens is 218 g/mol. The minimum atomic E-state index is -0.0115. The Morgan fingerprint density at radius 2 is 2.19 bits per heavy atom. The first-order valence-corrected chi connectivity index (χ1v) is 6.40. The minimum Gasteiger partial charge on any atom is -0.341 e. The van der Waals surface area contributed by atoms with Crippen LogP contribution < -0.4 is 0 Å². The summed E-state index contributed by atoms with van der Waals surface area (Å²) in [6, 6.07) is 7.23. The highest BCUT2D eigenvalue weighted by molar-refractivity contribution is 7.98. The lowest BCUT2D eigenvalue weighted by molar-refractivity contribution is 0.0803. The number of benzene rings is 1. The molecule has 0 aromatic heterocycles. The summed E-state index contributed by atoms with van der Waals surface area (Å²) in [6.07, 6.45) is 7.39. The molecule has 0 saturated carbocycles. The van der Waals surface area contributed by atoms with E-state index in [1.54, 1.807) is 35.8 Å². The van der Waals surface area contributed by atoms with Gasteiger partial charge in [-0.25, -0.2) is 0 Å². The van der Waals surface area contributed by atoms with E-state index >= 15 is 0 Å². The van der Waals surface area contributed by atoms with Crippen LogP contribution in [0.3, 0.4) is 0 Å². The van der Waals surface area contributed by atoms with Crippen molar-refractivity contribution in [1.29, 1.82) is 0 Å². The zero-order valence-corrected chi connectivity index (χ0v) is 10.4. The molecule has 0 aliphatic heterocycles. The maximum Gasteiger partial charge on any atom is 0.254 e. The third kappa shape index (κ3) is 3.04. The standard InChI is InChI=1S/C13H15NOS/c1-4-11-7-5-6-8-12(11)13(15)14(2)9-10-16-3/h1,5-8H,9-10H2,2-3H3. The summed E-state index contributed by atoms with van der Waals surface area (Å²) in [5.74, 6) is 3.45. The molecule has 0 saturated heterocycles. The molecule has 0 fully saturated rings. The Morgan fingerprint density at radius 1 is 1.50 bits per heavy atom. The van der Waals surface area contributed by atoms with Gasteiger partial charge in [-0.2, -0.15) is 11.8 Å². The predicted octanol–water partition coefficient (Wildman–Crippen LogP) is 2.10. The van der Waals surface area contributed by atoms with Gasteiger partial charge >= 0.3 is 0 Å². The number of thioether (sulfide) groups is 1. The maximum absolute atomic E-state index is 12.1. The number of amides is 1. The first kappa shape index (κ1) is 12.7. The fourth-order valence-electron chi connectivity index (χ4n) is 1.33. The van der Waals surface area contributed by atoms with Crippen LogP contribution in [-0.4, -0.2) is 36.4 Å². The molecule has 1 amide bonds. The van der Waals surface area contributed by atoms with Crippen molar-refractivity contribution in [2.24, 2.45) is 0 Å². The quantitative estimate of drug-likeness (QED) is 0.742. The van der Waals surface area contributed by atoms with Crippen LogP contribution in [0.25, 0.3) is 0 Å². The Morgan fingerprint density at radius 3 is 2.81 bits per heavy atom. The summed E-state index contributed by atoms with van der Waals surface area (Å²) < 4.78 is 0. The average Bonchev–Trinajstić information content (AvgIpc) is 2.34. The van der Waals surface area contributed by atoms with Crippen molar-refractivity contribution in [2.75, 3.05) is 25.6 Å². The van der Waals surface area contributed by atoms with Gasteiger partial charge in [0.25, 0.3) is 5.91 Å². The highest BCUT2D eigenvalue weighted by Crippen LogP contribution is 2.10. The van der Waals surface area contributed by atoms with E-state index in [9.17, 15) is 4.79 Å². The summed E-state index contributed by atoms with van der Waals surface area (Å²) in [4.78, 5) is 13.8. The van der Waals surface area contributed by atoms with Crippen LogP contribution in [0, 0.1) is 12.3 Å². The van der Waals surface area contributed by atoms with Gasteiger partial charge in [0.15, 0.2) is 0 Å². The van der Waals surface area contributed by atoms with Gasteiger partial charge in [-0.15, -0.1) is 6.42 Å². The molecule has 1 rings (SSSR count). The van der Waals surface area contributed by atoms with E-state index in [-0.39, 0.29) is 5.91 Å². The van der Waals surface area contributed by atoms with Crippen LogP contribution in [-0.2, 0) is 0 Å². The van der Waals surface area contributed by atoms with Crippen molar-refractivity contribution in [3.63, 3.8) is 0 Å². The van der Waals surface area contributed by atoms with Gasteiger partial charge in [0.05, 0.1) is 5.56 Å². The first-order chi connectivity index (χ1) is 7.70. The number of carbonyl (C=O) groups excluding carboxylic acids is 1. The van der Waals surface area contributed by atoms with Crippen LogP contribution in [0.4, 0.5) is 0 Å². The number of nitrogens with zero attached hydrogens (tertiary/aromatic N) is 1. The zero-order chi connectivity index (χ0) is 12.0. The van der Waals surface area contributed by atoms with Gasteiger partial charge in [-0.1, -0.05) is 18.1 Å². The number of terminal acetylenes is 1. The molecular formula is C13H15NOS. The van der Waals surface area contributed by atoms with E-state index in [0.717, 1.165) is 12.3 Å². The molecule has 16 heavy (non-hydrogen) atoms. The van der Waals surface area contributed by atoms with Crippen LogP contribution in [0.5, 0.6) is 0 Å². The average molecular weight is 233 g/mol. The number of hydrogen-bond acceptors (Lipinski definition) is 2. The zero-order valence-electron chi connectivity index (χ0n) is 9.56. The fraction of sp³-hybridized carbons (Fsp3) is 0.308. The lowest BCUT2D eigenvalue weighted by Crippen LogP contribution is -2.29. The molecule has 1 aromatic rings. The molecule has 3 heteroatoms. The second-order valence-electron chi connectivity index (χ2n) is 3.41. The summed E-state index contributed by atoms with van der Waals surface area (Å²) in [7, 11) is 1.80. The van der Waals surface area contributed by atoms with E-state index in [2.05, 4.69) is 5.92 Å². The smallest absolute Gasteiger partial charge is 0.254 e. The van der Waals surface area contributed by atoms with Gasteiger partial charge < -0.3 is 4.90 Å². The van der Waals surface area contributed by atoms with Crippen molar-refractivity contribution in [3.8, 4) is 12.3 Å². The van der Waals surface area contributed by atoms with Gasteiger partial charge in [0.2, 0.25) is 0 Å². The van der Waals surface area contributed by atoms with E-state index in [1.165, 1.54) is 0 Å². The van der Waals surface area contributed by atoms with Gasteiger partial charge in [0, 0.05) is 24.9 Å². The topological polar surface area (TPSA) is 20.3 Å². The van der Waals surface area contributed by atoms with Crippen LogP contribution in [0.15, 0.2) is 24.3 Å². The highest BCUT2D eigenvalue weighted by Gasteiger charge is 2.13. The summed E-state index contributed by atoms with van der Waals surface area (Å²) >= 11 is 1.72. The van der Waals surface area contributed by atoms with Crippen molar-refractivity contribution in [3.05, 3.63) is 35.4 Å². The largest absolute Gasteiger partial charge is 0.341 e. The molecule has 0 bridgehead atoms. The molecule has 2 nitrogen and oxygen atoms in total. The Bertz CT molecular complexity index is 409.